The number of hydrogen-bond donors (Lipinski definition) is 0. The first-order chi connectivity index (χ1) is 8.60. The third-order valence-electron chi connectivity index (χ3n) is 2.74. The van der Waals surface area contributed by atoms with Crippen LogP contribution in [0.5, 0.6) is 0 Å². The zero-order chi connectivity index (χ0) is 13.5. The molecule has 0 aliphatic rings. The third kappa shape index (κ3) is 3.99. The molecule has 0 fully saturated rings. The fourth-order valence-corrected chi connectivity index (χ4v) is 1.82. The van der Waals surface area contributed by atoms with Gasteiger partial charge in [-0.25, -0.2) is 4.79 Å². The Hall–Kier alpha value is -1.07. The van der Waals surface area contributed by atoms with Crippen molar-refractivity contribution in [1.82, 2.24) is 9.13 Å². The molecular formula is C13H24N2O3. The van der Waals surface area contributed by atoms with Gasteiger partial charge in [-0.05, 0) is 27.7 Å². The molecular weight excluding hydrogens is 232 g/mol. The van der Waals surface area contributed by atoms with Crippen LogP contribution in [0.2, 0.25) is 0 Å². The molecule has 0 saturated heterocycles. The number of nitrogens with zero attached hydrogens (tertiary/aromatic N) is 2. The van der Waals surface area contributed by atoms with Gasteiger partial charge >= 0.3 is 5.69 Å². The normalized spacial score (nSPS) is 11.7. The Kier molecular flexibility index (Phi) is 6.15. The predicted molar refractivity (Wildman–Crippen MR) is 70.7 cm³/mol. The van der Waals surface area contributed by atoms with Gasteiger partial charge in [-0.3, -0.25) is 9.13 Å². The second-order valence-electron chi connectivity index (χ2n) is 4.40. The molecule has 1 heterocycles. The first-order valence-electron chi connectivity index (χ1n) is 6.60. The van der Waals surface area contributed by atoms with Gasteiger partial charge in [-0.1, -0.05) is 0 Å². The zero-order valence-electron chi connectivity index (χ0n) is 11.8. The number of hydrogen-bond acceptors (Lipinski definition) is 3. The molecule has 5 heteroatoms. The van der Waals surface area contributed by atoms with E-state index in [2.05, 4.69) is 0 Å². The maximum Gasteiger partial charge on any atom is 0.328 e. The molecule has 0 aromatic carbocycles. The summed E-state index contributed by atoms with van der Waals surface area (Å²) in [6, 6.07) is 0.188. The average molecular weight is 256 g/mol. The first kappa shape index (κ1) is 15.0. The van der Waals surface area contributed by atoms with E-state index in [1.165, 1.54) is 0 Å². The van der Waals surface area contributed by atoms with Gasteiger partial charge in [0, 0.05) is 44.6 Å². The Morgan fingerprint density at radius 3 is 2.22 bits per heavy atom. The molecule has 1 aromatic rings. The molecule has 1 aromatic heterocycles. The molecule has 0 aliphatic heterocycles. The van der Waals surface area contributed by atoms with E-state index in [1.54, 1.807) is 9.13 Å². The van der Waals surface area contributed by atoms with E-state index < -0.39 is 0 Å². The van der Waals surface area contributed by atoms with E-state index in [1.807, 2.05) is 40.1 Å². The molecule has 0 saturated carbocycles. The van der Waals surface area contributed by atoms with Crippen LogP contribution in [-0.4, -0.2) is 28.6 Å². The topological polar surface area (TPSA) is 45.4 Å². The van der Waals surface area contributed by atoms with Gasteiger partial charge in [0.1, 0.15) is 0 Å². The van der Waals surface area contributed by atoms with E-state index in [0.717, 1.165) is 0 Å². The highest BCUT2D eigenvalue weighted by molar-refractivity contribution is 4.83. The molecule has 104 valence electrons. The average Bonchev–Trinajstić information content (AvgIpc) is 2.68. The SMILES string of the molecule is CCOC(CCn1ccn(C(C)C)c1=O)OCC. The van der Waals surface area contributed by atoms with Crippen LogP contribution >= 0.6 is 0 Å². The highest BCUT2D eigenvalue weighted by Crippen LogP contribution is 2.04. The summed E-state index contributed by atoms with van der Waals surface area (Å²) in [5.74, 6) is 0. The lowest BCUT2D eigenvalue weighted by atomic mass is 10.4. The minimum absolute atomic E-state index is 0.0248. The molecule has 0 atom stereocenters. The van der Waals surface area contributed by atoms with Crippen LogP contribution in [0.1, 0.15) is 40.2 Å². The largest absolute Gasteiger partial charge is 0.353 e. The molecule has 18 heavy (non-hydrogen) atoms. The lowest BCUT2D eigenvalue weighted by Gasteiger charge is -2.16. The van der Waals surface area contributed by atoms with Gasteiger partial charge in [0.2, 0.25) is 0 Å². The van der Waals surface area contributed by atoms with Crippen LogP contribution < -0.4 is 5.69 Å². The van der Waals surface area contributed by atoms with Crippen LogP contribution in [0.25, 0.3) is 0 Å². The van der Waals surface area contributed by atoms with E-state index in [-0.39, 0.29) is 18.0 Å². The standard InChI is InChI=1S/C13H24N2O3/c1-5-17-12(18-6-2)7-8-14-9-10-15(11(3)4)13(14)16/h9-12H,5-8H2,1-4H3. The van der Waals surface area contributed by atoms with E-state index >= 15 is 0 Å². The Bertz CT molecular complexity index is 389. The summed E-state index contributed by atoms with van der Waals surface area (Å²) in [5.41, 5.74) is 0.0248. The zero-order valence-corrected chi connectivity index (χ0v) is 11.8. The van der Waals surface area contributed by atoms with Crippen LogP contribution in [0, 0.1) is 0 Å². The number of aromatic nitrogens is 2. The van der Waals surface area contributed by atoms with Crippen molar-refractivity contribution in [2.24, 2.45) is 0 Å². The number of aryl methyl sites for hydroxylation is 1. The summed E-state index contributed by atoms with van der Waals surface area (Å²) in [6.07, 6.45) is 4.10. The van der Waals surface area contributed by atoms with E-state index in [9.17, 15) is 4.79 Å². The van der Waals surface area contributed by atoms with Crippen molar-refractivity contribution in [3.8, 4) is 0 Å². The fourth-order valence-electron chi connectivity index (χ4n) is 1.82. The van der Waals surface area contributed by atoms with Crippen molar-refractivity contribution >= 4 is 0 Å². The summed E-state index contributed by atoms with van der Waals surface area (Å²) in [4.78, 5) is 12.0. The highest BCUT2D eigenvalue weighted by Gasteiger charge is 2.10. The molecule has 0 bridgehead atoms. The van der Waals surface area contributed by atoms with Gasteiger partial charge in [0.25, 0.3) is 0 Å². The molecule has 1 rings (SSSR count). The van der Waals surface area contributed by atoms with Crippen molar-refractivity contribution in [3.05, 3.63) is 22.9 Å². The van der Waals surface area contributed by atoms with Gasteiger partial charge in [0.05, 0.1) is 0 Å². The molecule has 0 radical (unpaired) electrons. The molecule has 0 amide bonds. The number of rotatable bonds is 8. The van der Waals surface area contributed by atoms with E-state index in [0.29, 0.717) is 26.2 Å². The second-order valence-corrected chi connectivity index (χ2v) is 4.40. The van der Waals surface area contributed by atoms with Crippen LogP contribution in [0.3, 0.4) is 0 Å². The molecule has 5 nitrogen and oxygen atoms in total. The maximum absolute atomic E-state index is 12.0. The Balaban J connectivity index is 2.59. The summed E-state index contributed by atoms with van der Waals surface area (Å²) in [7, 11) is 0. The Labute approximate surface area is 108 Å². The van der Waals surface area contributed by atoms with Crippen molar-refractivity contribution < 1.29 is 9.47 Å². The van der Waals surface area contributed by atoms with Gasteiger partial charge < -0.3 is 9.47 Å². The van der Waals surface area contributed by atoms with Crippen molar-refractivity contribution in [2.45, 2.75) is 53.0 Å². The predicted octanol–water partition coefficient (Wildman–Crippen LogP) is 2.02. The number of imidazole rings is 1. The molecule has 0 aliphatic carbocycles. The van der Waals surface area contributed by atoms with Crippen LogP contribution in [-0.2, 0) is 16.0 Å². The Morgan fingerprint density at radius 1 is 1.17 bits per heavy atom. The van der Waals surface area contributed by atoms with Gasteiger partial charge in [0.15, 0.2) is 6.29 Å². The second kappa shape index (κ2) is 7.38. The lowest BCUT2D eigenvalue weighted by Crippen LogP contribution is -2.27. The molecule has 0 spiro atoms. The van der Waals surface area contributed by atoms with Crippen molar-refractivity contribution in [1.29, 1.82) is 0 Å². The number of ether oxygens (including phenoxy) is 2. The van der Waals surface area contributed by atoms with Crippen molar-refractivity contribution in [3.63, 3.8) is 0 Å². The van der Waals surface area contributed by atoms with Gasteiger partial charge in [-0.2, -0.15) is 0 Å². The summed E-state index contributed by atoms with van der Waals surface area (Å²) in [6.45, 7) is 9.72. The summed E-state index contributed by atoms with van der Waals surface area (Å²) >= 11 is 0. The minimum atomic E-state index is -0.228. The maximum atomic E-state index is 12.0. The molecule has 0 N–H and O–H groups in total. The highest BCUT2D eigenvalue weighted by atomic mass is 16.7. The van der Waals surface area contributed by atoms with Crippen molar-refractivity contribution in [2.75, 3.05) is 13.2 Å². The third-order valence-corrected chi connectivity index (χ3v) is 2.74. The first-order valence-corrected chi connectivity index (χ1v) is 6.60. The Morgan fingerprint density at radius 2 is 1.78 bits per heavy atom. The quantitative estimate of drug-likeness (QED) is 0.668. The summed E-state index contributed by atoms with van der Waals surface area (Å²) in [5, 5.41) is 0. The lowest BCUT2D eigenvalue weighted by molar-refractivity contribution is -0.141. The fraction of sp³-hybridized carbons (Fsp3) is 0.769. The smallest absolute Gasteiger partial charge is 0.328 e. The van der Waals surface area contributed by atoms with E-state index in [4.69, 9.17) is 9.47 Å². The minimum Gasteiger partial charge on any atom is -0.353 e. The van der Waals surface area contributed by atoms with Crippen LogP contribution in [0.4, 0.5) is 0 Å². The van der Waals surface area contributed by atoms with Gasteiger partial charge in [-0.15, -0.1) is 0 Å². The monoisotopic (exact) mass is 256 g/mol. The van der Waals surface area contributed by atoms with Crippen LogP contribution in [0.15, 0.2) is 17.2 Å². The summed E-state index contributed by atoms with van der Waals surface area (Å²) < 4.78 is 14.3. The molecule has 0 unspecified atom stereocenters.